The van der Waals surface area contributed by atoms with E-state index in [-0.39, 0.29) is 17.6 Å². The molecule has 3 aromatic rings. The molecule has 0 saturated carbocycles. The zero-order valence-electron chi connectivity index (χ0n) is 13.3. The van der Waals surface area contributed by atoms with Crippen molar-refractivity contribution in [2.24, 2.45) is 0 Å². The molecule has 5 nitrogen and oxygen atoms in total. The third-order valence-electron chi connectivity index (χ3n) is 3.94. The number of hydrogen-bond acceptors (Lipinski definition) is 4. The smallest absolute Gasteiger partial charge is 0.270 e. The van der Waals surface area contributed by atoms with Crippen LogP contribution in [0.1, 0.15) is 33.8 Å². The molecule has 24 heavy (non-hydrogen) atoms. The Kier molecular flexibility index (Phi) is 4.31. The van der Waals surface area contributed by atoms with Crippen LogP contribution in [0.15, 0.2) is 48.5 Å². The first-order valence-electron chi connectivity index (χ1n) is 7.50. The first-order chi connectivity index (χ1) is 11.5. The van der Waals surface area contributed by atoms with Crippen LogP contribution < -0.4 is 5.32 Å². The van der Waals surface area contributed by atoms with Crippen molar-refractivity contribution in [2.75, 3.05) is 0 Å². The van der Waals surface area contributed by atoms with Crippen LogP contribution in [0.25, 0.3) is 10.1 Å². The third-order valence-corrected chi connectivity index (χ3v) is 5.05. The molecule has 122 valence electrons. The fraction of sp³-hybridized carbons (Fsp3) is 0.167. The van der Waals surface area contributed by atoms with Crippen molar-refractivity contribution in [1.29, 1.82) is 0 Å². The molecule has 1 unspecified atom stereocenters. The van der Waals surface area contributed by atoms with Gasteiger partial charge in [-0.05, 0) is 37.1 Å². The summed E-state index contributed by atoms with van der Waals surface area (Å²) in [7, 11) is 0. The van der Waals surface area contributed by atoms with E-state index in [0.717, 1.165) is 15.8 Å². The van der Waals surface area contributed by atoms with Crippen LogP contribution in [0.5, 0.6) is 0 Å². The SMILES string of the molecule is Cc1ccccc1C(C)NC(=O)c1cc2cc([N+](=O)[O-])ccc2s1. The normalized spacial score (nSPS) is 12.1. The summed E-state index contributed by atoms with van der Waals surface area (Å²) in [5.41, 5.74) is 2.22. The Balaban J connectivity index is 1.83. The average molecular weight is 340 g/mol. The maximum absolute atomic E-state index is 12.5. The fourth-order valence-corrected chi connectivity index (χ4v) is 3.62. The lowest BCUT2D eigenvalue weighted by Gasteiger charge is -2.15. The standard InChI is InChI=1S/C18H16N2O3S/c1-11-5-3-4-6-15(11)12(2)19-18(21)17-10-13-9-14(20(22)23)7-8-16(13)24-17/h3-10,12H,1-2H3,(H,19,21). The molecule has 1 aromatic heterocycles. The van der Waals surface area contributed by atoms with Crippen LogP contribution in [-0.4, -0.2) is 10.8 Å². The van der Waals surface area contributed by atoms with Crippen molar-refractivity contribution in [3.8, 4) is 0 Å². The number of carbonyl (C=O) groups is 1. The summed E-state index contributed by atoms with van der Waals surface area (Å²) in [5.74, 6) is -0.172. The monoisotopic (exact) mass is 340 g/mol. The summed E-state index contributed by atoms with van der Waals surface area (Å²) in [6.07, 6.45) is 0. The number of nitrogens with one attached hydrogen (secondary N) is 1. The van der Waals surface area contributed by atoms with E-state index in [1.807, 2.05) is 38.1 Å². The van der Waals surface area contributed by atoms with Gasteiger partial charge >= 0.3 is 0 Å². The highest BCUT2D eigenvalue weighted by molar-refractivity contribution is 7.20. The van der Waals surface area contributed by atoms with Gasteiger partial charge in [-0.3, -0.25) is 14.9 Å². The van der Waals surface area contributed by atoms with Gasteiger partial charge in [0.05, 0.1) is 15.8 Å². The first-order valence-corrected chi connectivity index (χ1v) is 8.32. The predicted octanol–water partition coefficient (Wildman–Crippen LogP) is 4.61. The summed E-state index contributed by atoms with van der Waals surface area (Å²) in [5, 5.41) is 14.5. The van der Waals surface area contributed by atoms with Crippen molar-refractivity contribution in [2.45, 2.75) is 19.9 Å². The van der Waals surface area contributed by atoms with Crippen LogP contribution in [0, 0.1) is 17.0 Å². The Morgan fingerprint density at radius 2 is 1.96 bits per heavy atom. The quantitative estimate of drug-likeness (QED) is 0.557. The second kappa shape index (κ2) is 6.41. The molecule has 2 aromatic carbocycles. The number of amides is 1. The number of non-ortho nitro benzene ring substituents is 1. The number of carbonyl (C=O) groups excluding carboxylic acids is 1. The van der Waals surface area contributed by atoms with Gasteiger partial charge in [-0.1, -0.05) is 24.3 Å². The van der Waals surface area contributed by atoms with Crippen molar-refractivity contribution in [3.63, 3.8) is 0 Å². The molecule has 0 aliphatic carbocycles. The molecule has 1 heterocycles. The van der Waals surface area contributed by atoms with Gasteiger partial charge in [0.2, 0.25) is 0 Å². The lowest BCUT2D eigenvalue weighted by molar-refractivity contribution is -0.384. The summed E-state index contributed by atoms with van der Waals surface area (Å²) in [6.45, 7) is 3.95. The molecular weight excluding hydrogens is 324 g/mol. The van der Waals surface area contributed by atoms with Crippen LogP contribution in [0.2, 0.25) is 0 Å². The molecule has 0 bridgehead atoms. The fourth-order valence-electron chi connectivity index (χ4n) is 2.67. The van der Waals surface area contributed by atoms with Crippen LogP contribution in [-0.2, 0) is 0 Å². The molecule has 0 spiro atoms. The van der Waals surface area contributed by atoms with Crippen molar-refractivity contribution >= 4 is 33.0 Å². The van der Waals surface area contributed by atoms with E-state index in [9.17, 15) is 14.9 Å². The van der Waals surface area contributed by atoms with Gasteiger partial charge in [0.25, 0.3) is 11.6 Å². The van der Waals surface area contributed by atoms with E-state index in [0.29, 0.717) is 10.3 Å². The lowest BCUT2D eigenvalue weighted by atomic mass is 10.0. The Morgan fingerprint density at radius 3 is 2.67 bits per heavy atom. The molecule has 0 aliphatic rings. The van der Waals surface area contributed by atoms with E-state index in [1.54, 1.807) is 12.1 Å². The number of nitro benzene ring substituents is 1. The maximum atomic E-state index is 12.5. The van der Waals surface area contributed by atoms with Gasteiger partial charge in [0.1, 0.15) is 0 Å². The van der Waals surface area contributed by atoms with Crippen molar-refractivity contribution < 1.29 is 9.72 Å². The topological polar surface area (TPSA) is 72.2 Å². The highest BCUT2D eigenvalue weighted by Crippen LogP contribution is 2.29. The average Bonchev–Trinajstić information content (AvgIpc) is 2.98. The molecule has 1 atom stereocenters. The van der Waals surface area contributed by atoms with Gasteiger partial charge in [0.15, 0.2) is 0 Å². The number of nitrogens with zero attached hydrogens (tertiary/aromatic N) is 1. The minimum absolute atomic E-state index is 0.0283. The van der Waals surface area contributed by atoms with E-state index in [4.69, 9.17) is 0 Å². The number of thiophene rings is 1. The highest BCUT2D eigenvalue weighted by Gasteiger charge is 2.16. The maximum Gasteiger partial charge on any atom is 0.270 e. The summed E-state index contributed by atoms with van der Waals surface area (Å²) >= 11 is 1.33. The predicted molar refractivity (Wildman–Crippen MR) is 95.5 cm³/mol. The Morgan fingerprint density at radius 1 is 1.21 bits per heavy atom. The summed E-state index contributed by atoms with van der Waals surface area (Å²) < 4.78 is 0.856. The number of rotatable bonds is 4. The molecule has 0 fully saturated rings. The van der Waals surface area contributed by atoms with Gasteiger partial charge in [-0.15, -0.1) is 11.3 Å². The number of hydrogen-bond donors (Lipinski definition) is 1. The van der Waals surface area contributed by atoms with Gasteiger partial charge in [0, 0.05) is 22.2 Å². The van der Waals surface area contributed by atoms with E-state index in [1.165, 1.54) is 23.5 Å². The van der Waals surface area contributed by atoms with Crippen LogP contribution >= 0.6 is 11.3 Å². The number of benzene rings is 2. The second-order valence-electron chi connectivity index (χ2n) is 5.64. The van der Waals surface area contributed by atoms with Gasteiger partial charge in [-0.25, -0.2) is 0 Å². The third kappa shape index (κ3) is 3.14. The second-order valence-corrected chi connectivity index (χ2v) is 6.73. The minimum atomic E-state index is -0.433. The van der Waals surface area contributed by atoms with E-state index < -0.39 is 4.92 Å². The van der Waals surface area contributed by atoms with E-state index >= 15 is 0 Å². The lowest BCUT2D eigenvalue weighted by Crippen LogP contribution is -2.26. The number of nitro groups is 1. The Bertz CT molecular complexity index is 933. The molecule has 0 radical (unpaired) electrons. The van der Waals surface area contributed by atoms with Crippen molar-refractivity contribution in [1.82, 2.24) is 5.32 Å². The van der Waals surface area contributed by atoms with Crippen molar-refractivity contribution in [3.05, 3.63) is 74.6 Å². The first kappa shape index (κ1) is 16.1. The molecule has 1 amide bonds. The van der Waals surface area contributed by atoms with E-state index in [2.05, 4.69) is 5.32 Å². The molecular formula is C18H16N2O3S. The largest absolute Gasteiger partial charge is 0.345 e. The molecule has 0 saturated heterocycles. The van der Waals surface area contributed by atoms with Crippen LogP contribution in [0.4, 0.5) is 5.69 Å². The molecule has 6 heteroatoms. The Labute approximate surface area is 143 Å². The molecule has 3 rings (SSSR count). The number of aryl methyl sites for hydroxylation is 1. The van der Waals surface area contributed by atoms with Gasteiger partial charge in [-0.2, -0.15) is 0 Å². The van der Waals surface area contributed by atoms with Gasteiger partial charge < -0.3 is 5.32 Å². The molecule has 1 N–H and O–H groups in total. The summed E-state index contributed by atoms with van der Waals surface area (Å²) in [6, 6.07) is 14.1. The Hall–Kier alpha value is -2.73. The summed E-state index contributed by atoms with van der Waals surface area (Å²) in [4.78, 5) is 23.5. The number of fused-ring (bicyclic) bond motifs is 1. The highest BCUT2D eigenvalue weighted by atomic mass is 32.1. The zero-order chi connectivity index (χ0) is 17.3. The molecule has 0 aliphatic heterocycles. The zero-order valence-corrected chi connectivity index (χ0v) is 14.1. The van der Waals surface area contributed by atoms with Crippen LogP contribution in [0.3, 0.4) is 0 Å². The minimum Gasteiger partial charge on any atom is -0.345 e.